The topological polar surface area (TPSA) is 70.7 Å². The monoisotopic (exact) mass is 385 g/mol. The van der Waals surface area contributed by atoms with Gasteiger partial charge in [-0.1, -0.05) is 42.5 Å². The average Bonchev–Trinajstić information content (AvgIpc) is 3.06. The summed E-state index contributed by atoms with van der Waals surface area (Å²) in [5.41, 5.74) is 1.09. The van der Waals surface area contributed by atoms with Gasteiger partial charge in [-0.05, 0) is 31.2 Å². The largest absolute Gasteiger partial charge is 0.377 e. The van der Waals surface area contributed by atoms with Crippen LogP contribution in [-0.4, -0.2) is 61.1 Å². The Bertz CT molecular complexity index is 706. The number of benzene rings is 1. The summed E-state index contributed by atoms with van der Waals surface area (Å²) in [5.74, 6) is -0.317. The molecule has 6 nitrogen and oxygen atoms in total. The van der Waals surface area contributed by atoms with Crippen LogP contribution in [-0.2, 0) is 14.3 Å². The third-order valence-electron chi connectivity index (χ3n) is 6.01. The Morgan fingerprint density at radius 1 is 1.29 bits per heavy atom. The minimum Gasteiger partial charge on any atom is -0.377 e. The highest BCUT2D eigenvalue weighted by molar-refractivity contribution is 5.83. The van der Waals surface area contributed by atoms with Gasteiger partial charge in [-0.25, -0.2) is 0 Å². The molecular formula is C22H31N3O3. The minimum atomic E-state index is -0.190. The van der Waals surface area contributed by atoms with Crippen LogP contribution in [0.4, 0.5) is 0 Å². The average molecular weight is 386 g/mol. The molecule has 2 aliphatic rings. The van der Waals surface area contributed by atoms with E-state index in [2.05, 4.69) is 39.8 Å². The van der Waals surface area contributed by atoms with Crippen LogP contribution in [0.15, 0.2) is 36.4 Å². The van der Waals surface area contributed by atoms with Gasteiger partial charge in [0.15, 0.2) is 0 Å². The van der Waals surface area contributed by atoms with Crippen molar-refractivity contribution in [3.05, 3.63) is 42.0 Å². The predicted molar refractivity (Wildman–Crippen MR) is 110 cm³/mol. The molecule has 1 saturated heterocycles. The number of amides is 2. The number of hydrogen-bond donors (Lipinski definition) is 2. The zero-order valence-corrected chi connectivity index (χ0v) is 16.8. The summed E-state index contributed by atoms with van der Waals surface area (Å²) < 4.78 is 5.99. The van der Waals surface area contributed by atoms with E-state index < -0.39 is 0 Å². The SMILES string of the molecule is CO[C@@]12CC[C@@H](NC(=O)CNC(C)=O)C[C@@H]1N(CC=Cc1ccccc1)CC2. The Labute approximate surface area is 167 Å². The van der Waals surface area contributed by atoms with E-state index in [1.165, 1.54) is 12.5 Å². The lowest BCUT2D eigenvalue weighted by Crippen LogP contribution is -2.55. The molecule has 1 aliphatic carbocycles. The molecule has 0 radical (unpaired) electrons. The van der Waals surface area contributed by atoms with Gasteiger partial charge in [0.05, 0.1) is 12.1 Å². The van der Waals surface area contributed by atoms with E-state index in [9.17, 15) is 9.59 Å². The first-order chi connectivity index (χ1) is 13.5. The van der Waals surface area contributed by atoms with Gasteiger partial charge in [0.25, 0.3) is 0 Å². The van der Waals surface area contributed by atoms with Crippen molar-refractivity contribution in [1.82, 2.24) is 15.5 Å². The van der Waals surface area contributed by atoms with Crippen LogP contribution in [0.3, 0.4) is 0 Å². The van der Waals surface area contributed by atoms with Crippen molar-refractivity contribution in [2.45, 2.75) is 50.3 Å². The zero-order chi connectivity index (χ0) is 20.0. The molecule has 2 fully saturated rings. The fraction of sp³-hybridized carbons (Fsp3) is 0.545. The van der Waals surface area contributed by atoms with Crippen LogP contribution in [0.5, 0.6) is 0 Å². The Balaban J connectivity index is 1.59. The molecule has 2 amide bonds. The first kappa shape index (κ1) is 20.6. The fourth-order valence-electron chi connectivity index (χ4n) is 4.51. The third kappa shape index (κ3) is 5.00. The summed E-state index contributed by atoms with van der Waals surface area (Å²) in [6, 6.07) is 10.7. The van der Waals surface area contributed by atoms with E-state index >= 15 is 0 Å². The Kier molecular flexibility index (Phi) is 6.86. The van der Waals surface area contributed by atoms with E-state index in [1.807, 2.05) is 25.3 Å². The van der Waals surface area contributed by atoms with Gasteiger partial charge in [-0.2, -0.15) is 0 Å². The second-order valence-corrected chi connectivity index (χ2v) is 7.79. The smallest absolute Gasteiger partial charge is 0.239 e. The van der Waals surface area contributed by atoms with E-state index in [0.29, 0.717) is 0 Å². The quantitative estimate of drug-likeness (QED) is 0.753. The molecule has 1 aromatic carbocycles. The van der Waals surface area contributed by atoms with Crippen LogP contribution in [0, 0.1) is 0 Å². The third-order valence-corrected chi connectivity index (χ3v) is 6.01. The standard InChI is InChI=1S/C22H31N3O3/c1-17(26)23-16-21(27)24-19-10-11-22(28-2)12-14-25(20(22)15-19)13-6-9-18-7-4-3-5-8-18/h3-9,19-20H,10-16H2,1-2H3,(H,23,26)(H,24,27)/t19-,20+,22-/m1/s1. The maximum Gasteiger partial charge on any atom is 0.239 e. The number of likely N-dealkylation sites (tertiary alicyclic amines) is 1. The highest BCUT2D eigenvalue weighted by Crippen LogP contribution is 2.42. The number of nitrogens with one attached hydrogen (secondary N) is 2. The summed E-state index contributed by atoms with van der Waals surface area (Å²) in [7, 11) is 1.81. The van der Waals surface area contributed by atoms with Crippen molar-refractivity contribution >= 4 is 17.9 Å². The molecule has 2 N–H and O–H groups in total. The summed E-state index contributed by atoms with van der Waals surface area (Å²) in [6.07, 6.45) is 8.11. The summed E-state index contributed by atoms with van der Waals surface area (Å²) in [5, 5.41) is 5.63. The Morgan fingerprint density at radius 2 is 2.07 bits per heavy atom. The Hall–Kier alpha value is -2.18. The summed E-state index contributed by atoms with van der Waals surface area (Å²) in [6.45, 7) is 3.33. The van der Waals surface area contributed by atoms with Crippen LogP contribution < -0.4 is 10.6 Å². The molecule has 3 atom stereocenters. The number of rotatable bonds is 7. The van der Waals surface area contributed by atoms with Gasteiger partial charge < -0.3 is 15.4 Å². The van der Waals surface area contributed by atoms with Crippen LogP contribution in [0.2, 0.25) is 0 Å². The molecular weight excluding hydrogens is 354 g/mol. The van der Waals surface area contributed by atoms with E-state index in [0.717, 1.165) is 38.8 Å². The van der Waals surface area contributed by atoms with Gasteiger partial charge in [-0.3, -0.25) is 14.5 Å². The lowest BCUT2D eigenvalue weighted by molar-refractivity contribution is -0.126. The van der Waals surface area contributed by atoms with Crippen molar-refractivity contribution in [3.63, 3.8) is 0 Å². The zero-order valence-electron chi connectivity index (χ0n) is 16.8. The lowest BCUT2D eigenvalue weighted by atomic mass is 9.78. The van der Waals surface area contributed by atoms with E-state index in [4.69, 9.17) is 4.74 Å². The molecule has 1 saturated carbocycles. The van der Waals surface area contributed by atoms with Crippen LogP contribution >= 0.6 is 0 Å². The van der Waals surface area contributed by atoms with Crippen molar-refractivity contribution in [2.75, 3.05) is 26.7 Å². The van der Waals surface area contributed by atoms with Gasteiger partial charge in [0.2, 0.25) is 11.8 Å². The molecule has 1 aromatic rings. The van der Waals surface area contributed by atoms with Gasteiger partial charge in [-0.15, -0.1) is 0 Å². The summed E-state index contributed by atoms with van der Waals surface area (Å²) in [4.78, 5) is 25.5. The molecule has 6 heteroatoms. The molecule has 3 rings (SSSR count). The number of ether oxygens (including phenoxy) is 1. The van der Waals surface area contributed by atoms with E-state index in [-0.39, 0.29) is 36.0 Å². The molecule has 1 heterocycles. The second kappa shape index (κ2) is 9.34. The minimum absolute atomic E-state index is 0.0372. The molecule has 1 aliphatic heterocycles. The molecule has 0 spiro atoms. The lowest BCUT2D eigenvalue weighted by Gasteiger charge is -2.43. The molecule has 0 bridgehead atoms. The van der Waals surface area contributed by atoms with Crippen molar-refractivity contribution < 1.29 is 14.3 Å². The Morgan fingerprint density at radius 3 is 2.79 bits per heavy atom. The van der Waals surface area contributed by atoms with Gasteiger partial charge in [0, 0.05) is 39.2 Å². The van der Waals surface area contributed by atoms with Crippen molar-refractivity contribution in [1.29, 1.82) is 0 Å². The molecule has 152 valence electrons. The normalized spacial score (nSPS) is 27.5. The highest BCUT2D eigenvalue weighted by Gasteiger charge is 2.50. The summed E-state index contributed by atoms with van der Waals surface area (Å²) >= 11 is 0. The number of hydrogen-bond acceptors (Lipinski definition) is 4. The first-order valence-electron chi connectivity index (χ1n) is 10.1. The van der Waals surface area contributed by atoms with Crippen molar-refractivity contribution in [2.24, 2.45) is 0 Å². The number of carbonyl (C=O) groups excluding carboxylic acids is 2. The van der Waals surface area contributed by atoms with Crippen LogP contribution in [0.25, 0.3) is 6.08 Å². The number of methoxy groups -OCH3 is 1. The fourth-order valence-corrected chi connectivity index (χ4v) is 4.51. The van der Waals surface area contributed by atoms with Gasteiger partial charge >= 0.3 is 0 Å². The number of fused-ring (bicyclic) bond motifs is 1. The molecule has 0 unspecified atom stereocenters. The number of nitrogens with zero attached hydrogens (tertiary/aromatic N) is 1. The molecule has 28 heavy (non-hydrogen) atoms. The predicted octanol–water partition coefficient (Wildman–Crippen LogP) is 1.96. The maximum atomic E-state index is 12.1. The molecule has 0 aromatic heterocycles. The van der Waals surface area contributed by atoms with Gasteiger partial charge in [0.1, 0.15) is 0 Å². The number of carbonyl (C=O) groups is 2. The highest BCUT2D eigenvalue weighted by atomic mass is 16.5. The van der Waals surface area contributed by atoms with E-state index in [1.54, 1.807) is 0 Å². The van der Waals surface area contributed by atoms with Crippen LogP contribution in [0.1, 0.15) is 38.2 Å². The first-order valence-corrected chi connectivity index (χ1v) is 10.1. The van der Waals surface area contributed by atoms with Crippen molar-refractivity contribution in [3.8, 4) is 0 Å². The maximum absolute atomic E-state index is 12.1. The second-order valence-electron chi connectivity index (χ2n) is 7.79.